The lowest BCUT2D eigenvalue weighted by molar-refractivity contribution is 0.0948. The summed E-state index contributed by atoms with van der Waals surface area (Å²) < 4.78 is 2.82. The second kappa shape index (κ2) is 7.17. The lowest BCUT2D eigenvalue weighted by Gasteiger charge is -2.22. The van der Waals surface area contributed by atoms with Gasteiger partial charge in [0.15, 0.2) is 5.82 Å². The summed E-state index contributed by atoms with van der Waals surface area (Å²) >= 11 is 2.16. The van der Waals surface area contributed by atoms with E-state index in [0.717, 1.165) is 22.2 Å². The maximum Gasteiger partial charge on any atom is 0.252 e. The molecule has 0 atom stereocenters. The Kier molecular flexibility index (Phi) is 5.01. The van der Waals surface area contributed by atoms with Crippen LogP contribution in [0.1, 0.15) is 54.3 Å². The van der Waals surface area contributed by atoms with E-state index in [9.17, 15) is 4.79 Å². The summed E-state index contributed by atoms with van der Waals surface area (Å²) in [5.74, 6) is 0.634. The van der Waals surface area contributed by atoms with Crippen LogP contribution in [0.5, 0.6) is 0 Å². The smallest absolute Gasteiger partial charge is 0.252 e. The lowest BCUT2D eigenvalue weighted by atomic mass is 9.95. The predicted molar refractivity (Wildman–Crippen MR) is 90.3 cm³/mol. The van der Waals surface area contributed by atoms with E-state index in [1.54, 1.807) is 0 Å². The molecule has 6 nitrogen and oxygen atoms in total. The van der Waals surface area contributed by atoms with Gasteiger partial charge in [0.25, 0.3) is 5.91 Å². The van der Waals surface area contributed by atoms with Crippen molar-refractivity contribution in [1.29, 1.82) is 0 Å². The first-order chi connectivity index (χ1) is 10.8. The molecule has 1 aliphatic rings. The van der Waals surface area contributed by atoms with Crippen LogP contribution in [-0.2, 0) is 6.54 Å². The van der Waals surface area contributed by atoms with Crippen LogP contribution < -0.4 is 5.32 Å². The molecule has 0 bridgehead atoms. The minimum atomic E-state index is -0.0943. The van der Waals surface area contributed by atoms with E-state index >= 15 is 0 Å². The Labute approximate surface area is 142 Å². The molecule has 7 heteroatoms. The summed E-state index contributed by atoms with van der Waals surface area (Å²) in [6.45, 7) is 0.354. The van der Waals surface area contributed by atoms with Crippen LogP contribution >= 0.6 is 22.6 Å². The first kappa shape index (κ1) is 15.4. The van der Waals surface area contributed by atoms with Crippen LogP contribution in [0.2, 0.25) is 0 Å². The lowest BCUT2D eigenvalue weighted by Crippen LogP contribution is -2.27. The summed E-state index contributed by atoms with van der Waals surface area (Å²) in [7, 11) is 0. The summed E-state index contributed by atoms with van der Waals surface area (Å²) in [5.41, 5.74) is 0.680. The number of nitrogens with zero attached hydrogens (tertiary/aromatic N) is 4. The van der Waals surface area contributed by atoms with E-state index in [0.29, 0.717) is 18.2 Å². The summed E-state index contributed by atoms with van der Waals surface area (Å²) in [4.78, 5) is 12.3. The van der Waals surface area contributed by atoms with Gasteiger partial charge in [-0.05, 0) is 58.0 Å². The standard InChI is InChI=1S/C15H18IN5O/c16-13-9-5-4-8-12(13)15(22)17-10-14-18-19-20-21(14)11-6-2-1-3-7-11/h4-5,8-9,11H,1-3,6-7,10H2,(H,17,22). The normalized spacial score (nSPS) is 15.7. The Morgan fingerprint density at radius 2 is 2.05 bits per heavy atom. The Balaban J connectivity index is 1.66. The Morgan fingerprint density at radius 1 is 1.27 bits per heavy atom. The van der Waals surface area contributed by atoms with Gasteiger partial charge < -0.3 is 5.32 Å². The highest BCUT2D eigenvalue weighted by Gasteiger charge is 2.20. The van der Waals surface area contributed by atoms with Crippen molar-refractivity contribution in [3.8, 4) is 0 Å². The first-order valence-corrected chi connectivity index (χ1v) is 8.63. The Morgan fingerprint density at radius 3 is 2.82 bits per heavy atom. The number of tetrazole rings is 1. The van der Waals surface area contributed by atoms with Gasteiger partial charge in [-0.2, -0.15) is 0 Å². The molecular formula is C15H18IN5O. The molecule has 1 heterocycles. The topological polar surface area (TPSA) is 72.7 Å². The van der Waals surface area contributed by atoms with Gasteiger partial charge in [0.2, 0.25) is 0 Å². The second-order valence-electron chi connectivity index (χ2n) is 5.49. The van der Waals surface area contributed by atoms with Gasteiger partial charge in [0.05, 0.1) is 18.2 Å². The third-order valence-electron chi connectivity index (χ3n) is 4.01. The van der Waals surface area contributed by atoms with Gasteiger partial charge in [-0.1, -0.05) is 31.4 Å². The molecule has 1 aliphatic carbocycles. The van der Waals surface area contributed by atoms with Gasteiger partial charge in [0.1, 0.15) is 0 Å². The maximum atomic E-state index is 12.3. The number of carbonyl (C=O) groups excluding carboxylic acids is 1. The largest absolute Gasteiger partial charge is 0.345 e. The van der Waals surface area contributed by atoms with Crippen molar-refractivity contribution >= 4 is 28.5 Å². The highest BCUT2D eigenvalue weighted by Crippen LogP contribution is 2.27. The molecule has 0 saturated heterocycles. The number of benzene rings is 1. The van der Waals surface area contributed by atoms with Crippen molar-refractivity contribution in [1.82, 2.24) is 25.5 Å². The second-order valence-corrected chi connectivity index (χ2v) is 6.66. The summed E-state index contributed by atoms with van der Waals surface area (Å²) in [6.07, 6.45) is 5.96. The number of nitrogens with one attached hydrogen (secondary N) is 1. The van der Waals surface area contributed by atoms with Crippen LogP contribution in [-0.4, -0.2) is 26.1 Å². The van der Waals surface area contributed by atoms with Crippen LogP contribution in [0.25, 0.3) is 0 Å². The molecule has 0 radical (unpaired) electrons. The Hall–Kier alpha value is -1.51. The van der Waals surface area contributed by atoms with Crippen LogP contribution in [0.15, 0.2) is 24.3 Å². The number of hydrogen-bond donors (Lipinski definition) is 1. The van der Waals surface area contributed by atoms with Gasteiger partial charge >= 0.3 is 0 Å². The third kappa shape index (κ3) is 3.45. The molecule has 0 unspecified atom stereocenters. The van der Waals surface area contributed by atoms with Crippen LogP contribution in [0.4, 0.5) is 0 Å². The van der Waals surface area contributed by atoms with Crippen molar-refractivity contribution in [2.75, 3.05) is 0 Å². The van der Waals surface area contributed by atoms with E-state index < -0.39 is 0 Å². The van der Waals surface area contributed by atoms with E-state index in [-0.39, 0.29) is 5.91 Å². The molecule has 3 rings (SSSR count). The number of carbonyl (C=O) groups is 1. The third-order valence-corrected chi connectivity index (χ3v) is 4.95. The average molecular weight is 411 g/mol. The molecule has 1 saturated carbocycles. The number of amides is 1. The van der Waals surface area contributed by atoms with Crippen LogP contribution in [0, 0.1) is 3.57 Å². The molecular weight excluding hydrogens is 393 g/mol. The quantitative estimate of drug-likeness (QED) is 0.786. The summed E-state index contributed by atoms with van der Waals surface area (Å²) in [6, 6.07) is 7.89. The van der Waals surface area contributed by atoms with E-state index in [2.05, 4.69) is 43.4 Å². The zero-order valence-corrected chi connectivity index (χ0v) is 14.4. The maximum absolute atomic E-state index is 12.3. The molecule has 1 amide bonds. The molecule has 116 valence electrons. The molecule has 1 N–H and O–H groups in total. The van der Waals surface area contributed by atoms with Crippen molar-refractivity contribution in [2.45, 2.75) is 44.7 Å². The first-order valence-electron chi connectivity index (χ1n) is 7.55. The van der Waals surface area contributed by atoms with Crippen molar-refractivity contribution in [3.05, 3.63) is 39.2 Å². The fraction of sp³-hybridized carbons (Fsp3) is 0.467. The predicted octanol–water partition coefficient (Wildman–Crippen LogP) is 2.71. The minimum Gasteiger partial charge on any atom is -0.345 e. The number of halogens is 1. The average Bonchev–Trinajstić information content (AvgIpc) is 3.02. The number of hydrogen-bond acceptors (Lipinski definition) is 4. The Bertz CT molecular complexity index is 651. The molecule has 1 aromatic heterocycles. The van der Waals surface area contributed by atoms with E-state index in [1.807, 2.05) is 28.9 Å². The molecule has 1 fully saturated rings. The van der Waals surface area contributed by atoms with Crippen LogP contribution in [0.3, 0.4) is 0 Å². The monoisotopic (exact) mass is 411 g/mol. The summed E-state index contributed by atoms with van der Waals surface area (Å²) in [5, 5.41) is 14.9. The zero-order valence-electron chi connectivity index (χ0n) is 12.2. The molecule has 22 heavy (non-hydrogen) atoms. The van der Waals surface area contributed by atoms with Gasteiger partial charge in [-0.25, -0.2) is 4.68 Å². The van der Waals surface area contributed by atoms with Gasteiger partial charge in [-0.3, -0.25) is 4.79 Å². The number of rotatable bonds is 4. The molecule has 2 aromatic rings. The highest BCUT2D eigenvalue weighted by molar-refractivity contribution is 14.1. The highest BCUT2D eigenvalue weighted by atomic mass is 127. The van der Waals surface area contributed by atoms with E-state index in [4.69, 9.17) is 0 Å². The molecule has 1 aromatic carbocycles. The zero-order chi connectivity index (χ0) is 15.4. The van der Waals surface area contributed by atoms with Gasteiger partial charge in [0, 0.05) is 3.57 Å². The van der Waals surface area contributed by atoms with Gasteiger partial charge in [-0.15, -0.1) is 5.10 Å². The minimum absolute atomic E-state index is 0.0943. The van der Waals surface area contributed by atoms with E-state index in [1.165, 1.54) is 19.3 Å². The van der Waals surface area contributed by atoms with Crippen molar-refractivity contribution in [2.24, 2.45) is 0 Å². The SMILES string of the molecule is O=C(NCc1nnnn1C1CCCCC1)c1ccccc1I. The fourth-order valence-electron chi connectivity index (χ4n) is 2.84. The fourth-order valence-corrected chi connectivity index (χ4v) is 3.47. The molecule has 0 spiro atoms. The molecule has 0 aliphatic heterocycles. The van der Waals surface area contributed by atoms with Crippen molar-refractivity contribution < 1.29 is 4.79 Å². The number of aromatic nitrogens is 4. The van der Waals surface area contributed by atoms with Crippen molar-refractivity contribution in [3.63, 3.8) is 0 Å².